The van der Waals surface area contributed by atoms with Gasteiger partial charge < -0.3 is 0 Å². The Hall–Kier alpha value is -1.91. The van der Waals surface area contributed by atoms with E-state index in [-0.39, 0.29) is 0 Å². The molecule has 0 unspecified atom stereocenters. The molecule has 0 atom stereocenters. The smallest absolute Gasteiger partial charge is 0.252 e. The number of hydrogen-bond donors (Lipinski definition) is 0. The van der Waals surface area contributed by atoms with E-state index in [1.54, 1.807) is 6.07 Å². The highest BCUT2D eigenvalue weighted by Crippen LogP contribution is 2.27. The molecule has 0 radical (unpaired) electrons. The van der Waals surface area contributed by atoms with Gasteiger partial charge in [-0.2, -0.15) is 13.2 Å². The standard InChI is InChI=1S/C12H9F3N2/c1-8-3-2-4-9(5-8)10-6-17-11(7-16-10)12(13,14)15/h2-7H,1H3. The van der Waals surface area contributed by atoms with Crippen LogP contribution < -0.4 is 0 Å². The van der Waals surface area contributed by atoms with E-state index in [1.165, 1.54) is 0 Å². The summed E-state index contributed by atoms with van der Waals surface area (Å²) in [6, 6.07) is 7.35. The molecule has 5 heteroatoms. The van der Waals surface area contributed by atoms with Crippen molar-refractivity contribution in [3.05, 3.63) is 47.9 Å². The summed E-state index contributed by atoms with van der Waals surface area (Å²) in [4.78, 5) is 7.14. The summed E-state index contributed by atoms with van der Waals surface area (Å²) in [5.74, 6) is 0. The largest absolute Gasteiger partial charge is 0.434 e. The van der Waals surface area contributed by atoms with Crippen molar-refractivity contribution in [2.45, 2.75) is 13.1 Å². The van der Waals surface area contributed by atoms with Crippen molar-refractivity contribution in [2.24, 2.45) is 0 Å². The monoisotopic (exact) mass is 238 g/mol. The lowest BCUT2D eigenvalue weighted by Gasteiger charge is -2.06. The Kier molecular flexibility index (Phi) is 2.83. The van der Waals surface area contributed by atoms with Gasteiger partial charge in [-0.1, -0.05) is 23.8 Å². The minimum absolute atomic E-state index is 0.432. The molecule has 2 rings (SSSR count). The number of aromatic nitrogens is 2. The number of nitrogens with zero attached hydrogens (tertiary/aromatic N) is 2. The molecule has 88 valence electrons. The second-order valence-corrected chi connectivity index (χ2v) is 3.65. The van der Waals surface area contributed by atoms with Gasteiger partial charge >= 0.3 is 6.18 Å². The predicted molar refractivity (Wildman–Crippen MR) is 57.2 cm³/mol. The van der Waals surface area contributed by atoms with Gasteiger partial charge in [0.25, 0.3) is 0 Å². The molecule has 0 N–H and O–H groups in total. The van der Waals surface area contributed by atoms with Crippen molar-refractivity contribution < 1.29 is 13.2 Å². The van der Waals surface area contributed by atoms with E-state index in [2.05, 4.69) is 9.97 Å². The second kappa shape index (κ2) is 4.16. The van der Waals surface area contributed by atoms with Crippen LogP contribution in [-0.4, -0.2) is 9.97 Å². The highest BCUT2D eigenvalue weighted by molar-refractivity contribution is 5.58. The van der Waals surface area contributed by atoms with Crippen LogP contribution in [0.25, 0.3) is 11.3 Å². The Bertz CT molecular complexity index is 518. The molecule has 0 saturated carbocycles. The Morgan fingerprint density at radius 3 is 2.35 bits per heavy atom. The van der Waals surface area contributed by atoms with Crippen molar-refractivity contribution in [3.63, 3.8) is 0 Å². The van der Waals surface area contributed by atoms with Gasteiger partial charge in [0.15, 0.2) is 5.69 Å². The quantitative estimate of drug-likeness (QED) is 0.760. The molecule has 0 aliphatic carbocycles. The van der Waals surface area contributed by atoms with Crippen LogP contribution in [0, 0.1) is 6.92 Å². The SMILES string of the molecule is Cc1cccc(-c2cnc(C(F)(F)F)cn2)c1. The first kappa shape index (κ1) is 11.6. The van der Waals surface area contributed by atoms with Gasteiger partial charge in [0.2, 0.25) is 0 Å². The Morgan fingerprint density at radius 2 is 1.82 bits per heavy atom. The molecule has 2 nitrogen and oxygen atoms in total. The topological polar surface area (TPSA) is 25.8 Å². The molecule has 0 bridgehead atoms. The highest BCUT2D eigenvalue weighted by atomic mass is 19.4. The zero-order valence-electron chi connectivity index (χ0n) is 8.99. The first-order chi connectivity index (χ1) is 7.97. The summed E-state index contributed by atoms with van der Waals surface area (Å²) in [6.45, 7) is 1.90. The number of halogens is 3. The zero-order valence-corrected chi connectivity index (χ0v) is 8.99. The van der Waals surface area contributed by atoms with Crippen molar-refractivity contribution >= 4 is 0 Å². The van der Waals surface area contributed by atoms with E-state index < -0.39 is 11.9 Å². The number of benzene rings is 1. The van der Waals surface area contributed by atoms with Crippen LogP contribution in [-0.2, 0) is 6.18 Å². The molecule has 0 aliphatic heterocycles. The molecule has 0 fully saturated rings. The third-order valence-corrected chi connectivity index (χ3v) is 2.26. The third-order valence-electron chi connectivity index (χ3n) is 2.26. The molecule has 1 heterocycles. The van der Waals surface area contributed by atoms with E-state index in [9.17, 15) is 13.2 Å². The lowest BCUT2D eigenvalue weighted by atomic mass is 10.1. The van der Waals surface area contributed by atoms with Gasteiger partial charge in [-0.25, -0.2) is 4.98 Å². The zero-order chi connectivity index (χ0) is 12.5. The first-order valence-corrected chi connectivity index (χ1v) is 4.93. The van der Waals surface area contributed by atoms with Crippen LogP contribution in [0.5, 0.6) is 0 Å². The Morgan fingerprint density at radius 1 is 1.06 bits per heavy atom. The lowest BCUT2D eigenvalue weighted by molar-refractivity contribution is -0.141. The van der Waals surface area contributed by atoms with Gasteiger partial charge in [0.1, 0.15) is 0 Å². The fourth-order valence-corrected chi connectivity index (χ4v) is 1.43. The molecule has 1 aromatic carbocycles. The van der Waals surface area contributed by atoms with E-state index >= 15 is 0 Å². The van der Waals surface area contributed by atoms with E-state index in [1.807, 2.05) is 25.1 Å². The van der Waals surface area contributed by atoms with E-state index in [0.717, 1.165) is 23.5 Å². The molecule has 1 aromatic heterocycles. The molecule has 2 aromatic rings. The van der Waals surface area contributed by atoms with Crippen LogP contribution in [0.15, 0.2) is 36.7 Å². The second-order valence-electron chi connectivity index (χ2n) is 3.65. The summed E-state index contributed by atoms with van der Waals surface area (Å²) in [6.07, 6.45) is -2.56. The summed E-state index contributed by atoms with van der Waals surface area (Å²) >= 11 is 0. The van der Waals surface area contributed by atoms with Gasteiger partial charge in [-0.15, -0.1) is 0 Å². The Labute approximate surface area is 96.2 Å². The van der Waals surface area contributed by atoms with Crippen LogP contribution >= 0.6 is 0 Å². The molecule has 0 saturated heterocycles. The van der Waals surface area contributed by atoms with Crippen LogP contribution in [0.1, 0.15) is 11.3 Å². The highest BCUT2D eigenvalue weighted by Gasteiger charge is 2.32. The van der Waals surface area contributed by atoms with Crippen molar-refractivity contribution in [1.82, 2.24) is 9.97 Å². The summed E-state index contributed by atoms with van der Waals surface area (Å²) in [5, 5.41) is 0. The maximum absolute atomic E-state index is 12.3. The molecule has 0 amide bonds. The fourth-order valence-electron chi connectivity index (χ4n) is 1.43. The first-order valence-electron chi connectivity index (χ1n) is 4.93. The maximum atomic E-state index is 12.3. The van der Waals surface area contributed by atoms with E-state index in [0.29, 0.717) is 5.69 Å². The van der Waals surface area contributed by atoms with Gasteiger partial charge in [0.05, 0.1) is 18.1 Å². The van der Waals surface area contributed by atoms with Crippen molar-refractivity contribution in [2.75, 3.05) is 0 Å². The minimum atomic E-state index is -4.45. The fraction of sp³-hybridized carbons (Fsp3) is 0.167. The normalized spacial score (nSPS) is 11.5. The predicted octanol–water partition coefficient (Wildman–Crippen LogP) is 3.47. The van der Waals surface area contributed by atoms with Crippen molar-refractivity contribution in [1.29, 1.82) is 0 Å². The van der Waals surface area contributed by atoms with Gasteiger partial charge in [-0.05, 0) is 13.0 Å². The molecular formula is C12H9F3N2. The summed E-state index contributed by atoms with van der Waals surface area (Å²) in [7, 11) is 0. The van der Waals surface area contributed by atoms with Crippen LogP contribution in [0.4, 0.5) is 13.2 Å². The van der Waals surface area contributed by atoms with Crippen LogP contribution in [0.2, 0.25) is 0 Å². The maximum Gasteiger partial charge on any atom is 0.434 e. The minimum Gasteiger partial charge on any atom is -0.252 e. The molecular weight excluding hydrogens is 229 g/mol. The van der Waals surface area contributed by atoms with Gasteiger partial charge in [-0.3, -0.25) is 4.98 Å². The third kappa shape index (κ3) is 2.61. The average molecular weight is 238 g/mol. The molecule has 0 spiro atoms. The Balaban J connectivity index is 2.36. The number of aryl methyl sites for hydroxylation is 1. The van der Waals surface area contributed by atoms with E-state index in [4.69, 9.17) is 0 Å². The summed E-state index contributed by atoms with van der Waals surface area (Å²) in [5.41, 5.74) is 1.23. The number of alkyl halides is 3. The van der Waals surface area contributed by atoms with Crippen LogP contribution in [0.3, 0.4) is 0 Å². The van der Waals surface area contributed by atoms with Crippen molar-refractivity contribution in [3.8, 4) is 11.3 Å². The number of hydrogen-bond acceptors (Lipinski definition) is 2. The molecule has 17 heavy (non-hydrogen) atoms. The average Bonchev–Trinajstić information content (AvgIpc) is 2.28. The van der Waals surface area contributed by atoms with Gasteiger partial charge in [0, 0.05) is 5.56 Å². The molecule has 0 aliphatic rings. The summed E-state index contributed by atoms with van der Waals surface area (Å²) < 4.78 is 36.9. The lowest BCUT2D eigenvalue weighted by Crippen LogP contribution is -2.08. The number of rotatable bonds is 1.